The van der Waals surface area contributed by atoms with Gasteiger partial charge in [0.05, 0.1) is 13.2 Å². The second kappa shape index (κ2) is 10.4. The molecule has 0 amide bonds. The molecule has 3 aromatic carbocycles. The van der Waals surface area contributed by atoms with Gasteiger partial charge in [-0.1, -0.05) is 36.4 Å². The zero-order valence-corrected chi connectivity index (χ0v) is 17.2. The zero-order chi connectivity index (χ0) is 21.3. The first-order valence-corrected chi connectivity index (χ1v) is 9.81. The summed E-state index contributed by atoms with van der Waals surface area (Å²) >= 11 is 0. The summed E-state index contributed by atoms with van der Waals surface area (Å²) in [6.45, 7) is 3.99. The van der Waals surface area contributed by atoms with E-state index in [-0.39, 0.29) is 13.2 Å². The summed E-state index contributed by atoms with van der Waals surface area (Å²) < 4.78 is 11.8. The zero-order valence-electron chi connectivity index (χ0n) is 17.2. The number of hydrogen-bond donors (Lipinski definition) is 2. The maximum atomic E-state index is 8.99. The Kier molecular flexibility index (Phi) is 7.44. The molecule has 0 aliphatic rings. The maximum Gasteiger partial charge on any atom is 0.127 e. The molecule has 30 heavy (non-hydrogen) atoms. The van der Waals surface area contributed by atoms with Crippen molar-refractivity contribution >= 4 is 11.1 Å². The fourth-order valence-corrected chi connectivity index (χ4v) is 2.93. The average Bonchev–Trinajstić information content (AvgIpc) is 2.76. The van der Waals surface area contributed by atoms with Gasteiger partial charge in [-0.15, -0.1) is 0 Å². The second-order valence-electron chi connectivity index (χ2n) is 6.86. The number of ether oxygens (including phenoxy) is 2. The van der Waals surface area contributed by atoms with Gasteiger partial charge in [-0.25, -0.2) is 0 Å². The highest BCUT2D eigenvalue weighted by atomic mass is 16.5. The van der Waals surface area contributed by atoms with Crippen LogP contribution in [0.5, 0.6) is 23.0 Å². The smallest absolute Gasteiger partial charge is 0.127 e. The average molecular weight is 402 g/mol. The standard InChI is InChI=1S/C26H26O4/c1-19(15-17-27)21-3-7-23(8-4-21)29-25-11-13-26(14-12-25)30-24-9-5-22(6-10-24)20(2)16-18-28/h3-16,27-28H,17-18H2,1-2H3/b19-15-,20-16-. The molecular formula is C26H26O4. The van der Waals surface area contributed by atoms with Crippen LogP contribution in [0.15, 0.2) is 84.9 Å². The topological polar surface area (TPSA) is 58.9 Å². The fourth-order valence-electron chi connectivity index (χ4n) is 2.93. The molecule has 0 aliphatic carbocycles. The summed E-state index contributed by atoms with van der Waals surface area (Å²) in [7, 11) is 0. The quantitative estimate of drug-likeness (QED) is 0.481. The fraction of sp³-hybridized carbons (Fsp3) is 0.154. The molecule has 2 N–H and O–H groups in total. The summed E-state index contributed by atoms with van der Waals surface area (Å²) in [4.78, 5) is 0. The van der Waals surface area contributed by atoms with Gasteiger partial charge in [-0.3, -0.25) is 0 Å². The Hall–Kier alpha value is -3.34. The van der Waals surface area contributed by atoms with Gasteiger partial charge in [0.1, 0.15) is 23.0 Å². The van der Waals surface area contributed by atoms with Gasteiger partial charge in [0, 0.05) is 0 Å². The van der Waals surface area contributed by atoms with E-state index >= 15 is 0 Å². The molecule has 0 radical (unpaired) electrons. The maximum absolute atomic E-state index is 8.99. The molecular weight excluding hydrogens is 376 g/mol. The molecule has 3 aromatic rings. The van der Waals surface area contributed by atoms with Gasteiger partial charge in [-0.05, 0) is 84.7 Å². The van der Waals surface area contributed by atoms with Crippen LogP contribution in [-0.2, 0) is 0 Å². The van der Waals surface area contributed by atoms with Crippen LogP contribution in [-0.4, -0.2) is 23.4 Å². The van der Waals surface area contributed by atoms with Gasteiger partial charge in [0.25, 0.3) is 0 Å². The Morgan fingerprint density at radius 2 is 0.833 bits per heavy atom. The predicted molar refractivity (Wildman–Crippen MR) is 121 cm³/mol. The summed E-state index contributed by atoms with van der Waals surface area (Å²) in [6, 6.07) is 22.9. The van der Waals surface area contributed by atoms with Crippen LogP contribution in [0.25, 0.3) is 11.1 Å². The van der Waals surface area contributed by atoms with Gasteiger partial charge >= 0.3 is 0 Å². The van der Waals surface area contributed by atoms with E-state index in [1.165, 1.54) is 0 Å². The summed E-state index contributed by atoms with van der Waals surface area (Å²) in [5, 5.41) is 18.0. The van der Waals surface area contributed by atoms with Crippen molar-refractivity contribution in [1.29, 1.82) is 0 Å². The Balaban J connectivity index is 1.61. The van der Waals surface area contributed by atoms with Crippen molar-refractivity contribution in [2.24, 2.45) is 0 Å². The molecule has 0 saturated carbocycles. The van der Waals surface area contributed by atoms with Crippen molar-refractivity contribution < 1.29 is 19.7 Å². The van der Waals surface area contributed by atoms with Gasteiger partial charge in [0.2, 0.25) is 0 Å². The third-order valence-corrected chi connectivity index (χ3v) is 4.71. The first kappa shape index (κ1) is 21.4. The van der Waals surface area contributed by atoms with Crippen LogP contribution < -0.4 is 9.47 Å². The molecule has 0 unspecified atom stereocenters. The van der Waals surface area contributed by atoms with E-state index < -0.39 is 0 Å². The predicted octanol–water partition coefficient (Wildman–Crippen LogP) is 6.06. The third-order valence-electron chi connectivity index (χ3n) is 4.71. The third kappa shape index (κ3) is 5.83. The van der Waals surface area contributed by atoms with Crippen LogP contribution in [0.2, 0.25) is 0 Å². The van der Waals surface area contributed by atoms with Crippen molar-refractivity contribution in [2.45, 2.75) is 13.8 Å². The van der Waals surface area contributed by atoms with E-state index in [1.54, 1.807) is 12.2 Å². The lowest BCUT2D eigenvalue weighted by Crippen LogP contribution is -1.88. The minimum absolute atomic E-state index is 0.0308. The monoisotopic (exact) mass is 402 g/mol. The largest absolute Gasteiger partial charge is 0.457 e. The number of allylic oxidation sites excluding steroid dienone is 2. The molecule has 0 fully saturated rings. The van der Waals surface area contributed by atoms with Crippen LogP contribution in [0.1, 0.15) is 25.0 Å². The summed E-state index contributed by atoms with van der Waals surface area (Å²) in [5.41, 5.74) is 4.15. The Morgan fingerprint density at radius 3 is 1.10 bits per heavy atom. The molecule has 0 saturated heterocycles. The minimum Gasteiger partial charge on any atom is -0.457 e. The second-order valence-corrected chi connectivity index (χ2v) is 6.86. The molecule has 0 bridgehead atoms. The number of aliphatic hydroxyl groups is 2. The van der Waals surface area contributed by atoms with Crippen LogP contribution in [0.3, 0.4) is 0 Å². The van der Waals surface area contributed by atoms with Crippen LogP contribution in [0, 0.1) is 0 Å². The number of aliphatic hydroxyl groups excluding tert-OH is 2. The molecule has 0 atom stereocenters. The first-order chi connectivity index (χ1) is 14.6. The Bertz CT molecular complexity index is 914. The van der Waals surface area contributed by atoms with Crippen LogP contribution in [0.4, 0.5) is 0 Å². The lowest BCUT2D eigenvalue weighted by Gasteiger charge is -2.10. The number of benzene rings is 3. The number of hydrogen-bond acceptors (Lipinski definition) is 4. The lowest BCUT2D eigenvalue weighted by atomic mass is 10.1. The molecule has 0 aromatic heterocycles. The molecule has 0 spiro atoms. The molecule has 0 aliphatic heterocycles. The van der Waals surface area contributed by atoms with E-state index in [9.17, 15) is 0 Å². The van der Waals surface area contributed by atoms with Crippen molar-refractivity contribution in [3.8, 4) is 23.0 Å². The molecule has 3 rings (SSSR count). The Labute approximate surface area is 177 Å². The van der Waals surface area contributed by atoms with E-state index in [4.69, 9.17) is 19.7 Å². The summed E-state index contributed by atoms with van der Waals surface area (Å²) in [6.07, 6.45) is 3.55. The minimum atomic E-state index is 0.0308. The van der Waals surface area contributed by atoms with Gasteiger partial charge < -0.3 is 19.7 Å². The van der Waals surface area contributed by atoms with E-state index in [0.29, 0.717) is 0 Å². The normalized spacial score (nSPS) is 12.0. The highest BCUT2D eigenvalue weighted by Gasteiger charge is 2.03. The van der Waals surface area contributed by atoms with Gasteiger partial charge in [-0.2, -0.15) is 0 Å². The first-order valence-electron chi connectivity index (χ1n) is 9.81. The van der Waals surface area contributed by atoms with Crippen molar-refractivity contribution in [3.63, 3.8) is 0 Å². The summed E-state index contributed by atoms with van der Waals surface area (Å²) in [5.74, 6) is 2.92. The molecule has 4 heteroatoms. The van der Waals surface area contributed by atoms with E-state index in [2.05, 4.69) is 0 Å². The SMILES string of the molecule is C/C(=C/CO)c1ccc(Oc2ccc(Oc3ccc(/C(C)=C\CO)cc3)cc2)cc1. The van der Waals surface area contributed by atoms with Crippen LogP contribution >= 0.6 is 0 Å². The lowest BCUT2D eigenvalue weighted by molar-refractivity contribution is 0.343. The highest BCUT2D eigenvalue weighted by molar-refractivity contribution is 5.65. The van der Waals surface area contributed by atoms with Crippen molar-refractivity contribution in [1.82, 2.24) is 0 Å². The molecule has 4 nitrogen and oxygen atoms in total. The van der Waals surface area contributed by atoms with Crippen molar-refractivity contribution in [2.75, 3.05) is 13.2 Å². The highest BCUT2D eigenvalue weighted by Crippen LogP contribution is 2.28. The van der Waals surface area contributed by atoms with E-state index in [1.807, 2.05) is 86.6 Å². The molecule has 0 heterocycles. The van der Waals surface area contributed by atoms with E-state index in [0.717, 1.165) is 45.3 Å². The van der Waals surface area contributed by atoms with Gasteiger partial charge in [0.15, 0.2) is 0 Å². The molecule has 154 valence electrons. The number of rotatable bonds is 8. The Morgan fingerprint density at radius 1 is 0.567 bits per heavy atom. The van der Waals surface area contributed by atoms with Crippen molar-refractivity contribution in [3.05, 3.63) is 96.1 Å².